The maximum Gasteiger partial charge on any atom is 0.332 e. The highest BCUT2D eigenvalue weighted by Crippen LogP contribution is 2.41. The minimum Gasteiger partial charge on any atom is -0.496 e. The number of rotatable bonds is 14. The molecule has 1 saturated heterocycles. The van der Waals surface area contributed by atoms with E-state index in [9.17, 15) is 23.6 Å². The first kappa shape index (κ1) is 38.1. The van der Waals surface area contributed by atoms with Crippen LogP contribution in [0.25, 0.3) is 21.0 Å². The van der Waals surface area contributed by atoms with Crippen LogP contribution in [0, 0.1) is 12.7 Å². The van der Waals surface area contributed by atoms with Crippen molar-refractivity contribution in [2.45, 2.75) is 63.8 Å². The fourth-order valence-electron chi connectivity index (χ4n) is 7.76. The van der Waals surface area contributed by atoms with Gasteiger partial charge in [0.05, 0.1) is 30.1 Å². The van der Waals surface area contributed by atoms with Crippen molar-refractivity contribution in [2.24, 2.45) is 0 Å². The predicted molar refractivity (Wildman–Crippen MR) is 212 cm³/mol. The summed E-state index contributed by atoms with van der Waals surface area (Å²) in [6.07, 6.45) is 3.38. The van der Waals surface area contributed by atoms with Gasteiger partial charge in [0.2, 0.25) is 11.8 Å². The number of nitrogens with one attached hydrogen (secondary N) is 1. The summed E-state index contributed by atoms with van der Waals surface area (Å²) in [6, 6.07) is 22.7. The third-order valence-electron chi connectivity index (χ3n) is 10.7. The van der Waals surface area contributed by atoms with Crippen LogP contribution in [0.2, 0.25) is 5.04 Å². The number of hydrogen-bond acceptors (Lipinski definition) is 9. The van der Waals surface area contributed by atoms with E-state index < -0.39 is 48.5 Å². The van der Waals surface area contributed by atoms with Gasteiger partial charge in [-0.3, -0.25) is 14.2 Å². The number of hydrogen-bond donors (Lipinski definition) is 2. The van der Waals surface area contributed by atoms with E-state index >= 15 is 0 Å². The lowest BCUT2D eigenvalue weighted by Gasteiger charge is -2.41. The molecule has 55 heavy (non-hydrogen) atoms. The van der Waals surface area contributed by atoms with Crippen molar-refractivity contribution in [2.75, 3.05) is 20.3 Å². The smallest absolute Gasteiger partial charge is 0.332 e. The molecule has 0 spiro atoms. The second kappa shape index (κ2) is 15.5. The van der Waals surface area contributed by atoms with Crippen LogP contribution in [0.4, 0.5) is 4.39 Å². The number of halogens is 1. The summed E-state index contributed by atoms with van der Waals surface area (Å²) in [4.78, 5) is 59.5. The van der Waals surface area contributed by atoms with Crippen molar-refractivity contribution >= 4 is 46.2 Å². The zero-order valence-corrected chi connectivity index (χ0v) is 32.9. The number of carbonyl (C=O) groups excluding carboxylic acids is 1. The first-order valence-electron chi connectivity index (χ1n) is 18.2. The van der Waals surface area contributed by atoms with Gasteiger partial charge in [0.25, 0.3) is 13.9 Å². The van der Waals surface area contributed by atoms with Crippen LogP contribution in [0.1, 0.15) is 56.4 Å². The number of thiophene rings is 1. The van der Waals surface area contributed by atoms with Crippen LogP contribution in [-0.4, -0.2) is 53.4 Å². The highest BCUT2D eigenvalue weighted by molar-refractivity contribution is 7.22. The Morgan fingerprint density at radius 1 is 1.07 bits per heavy atom. The number of ether oxygens (including phenoxy) is 2. The van der Waals surface area contributed by atoms with E-state index in [1.54, 1.807) is 6.92 Å². The average Bonchev–Trinajstić information content (AvgIpc) is 3.95. The SMILES string of the molecule is COc1ccc(F)cc1[C@H](Cn1c(=O)n(C2CCNC2=O)c(=O)c2c(C)c(-c3ncco3)sc21)OCCCC(C)(C)[Si](O)(c1ccccc1)c1ccccc1. The molecule has 0 aliphatic carbocycles. The number of aromatic nitrogens is 3. The Morgan fingerprint density at radius 3 is 2.36 bits per heavy atom. The maximum atomic E-state index is 15.0. The molecule has 4 heterocycles. The fourth-order valence-corrected chi connectivity index (χ4v) is 12.8. The number of methoxy groups -OCH3 is 1. The van der Waals surface area contributed by atoms with Crippen molar-refractivity contribution in [3.63, 3.8) is 0 Å². The molecule has 2 N–H and O–H groups in total. The minimum atomic E-state index is -3.29. The van der Waals surface area contributed by atoms with Gasteiger partial charge >= 0.3 is 5.69 Å². The highest BCUT2D eigenvalue weighted by Gasteiger charge is 2.49. The second-order valence-electron chi connectivity index (χ2n) is 14.4. The Morgan fingerprint density at radius 2 is 1.76 bits per heavy atom. The maximum absolute atomic E-state index is 15.0. The third-order valence-corrected chi connectivity index (χ3v) is 16.6. The van der Waals surface area contributed by atoms with E-state index in [1.165, 1.54) is 53.7 Å². The standard InChI is InChI=1S/C41H43FN4O7SSi/c1-26-34-38(48)46(31-18-20-43-36(31)47)40(49)45(39(34)54-35(26)37-44-21-23-53-37)25-33(30-24-27(42)16-17-32(30)51-4)52-22-11-19-41(2,3)55(50,28-12-7-5-8-13-28)29-14-9-6-10-15-29/h5-10,12-17,21,23-24,31,33,50H,11,18-20,22,25H2,1-4H3,(H,43,47)/t31?,33-/m0/s1. The van der Waals surface area contributed by atoms with Gasteiger partial charge in [-0.2, -0.15) is 0 Å². The third kappa shape index (κ3) is 6.99. The molecule has 0 radical (unpaired) electrons. The largest absolute Gasteiger partial charge is 0.496 e. The van der Waals surface area contributed by atoms with Crippen molar-refractivity contribution in [1.82, 2.24) is 19.4 Å². The van der Waals surface area contributed by atoms with Gasteiger partial charge in [-0.15, -0.1) is 11.3 Å². The topological polar surface area (TPSA) is 138 Å². The molecule has 2 atom stereocenters. The van der Waals surface area contributed by atoms with Gasteiger partial charge < -0.3 is 24.0 Å². The average molecular weight is 783 g/mol. The number of carbonyl (C=O) groups is 1. The quantitative estimate of drug-likeness (QED) is 0.110. The van der Waals surface area contributed by atoms with Crippen molar-refractivity contribution in [1.29, 1.82) is 0 Å². The molecule has 0 bridgehead atoms. The molecule has 286 valence electrons. The zero-order valence-electron chi connectivity index (χ0n) is 31.1. The van der Waals surface area contributed by atoms with Gasteiger partial charge in [-0.05, 0) is 65.4 Å². The summed E-state index contributed by atoms with van der Waals surface area (Å²) < 4.78 is 35.3. The number of benzene rings is 3. The molecule has 3 aromatic heterocycles. The summed E-state index contributed by atoms with van der Waals surface area (Å²) >= 11 is 1.18. The molecule has 7 rings (SSSR count). The molecule has 1 aliphatic heterocycles. The summed E-state index contributed by atoms with van der Waals surface area (Å²) in [5.41, 5.74) is -0.336. The lowest BCUT2D eigenvalue weighted by atomic mass is 10.1. The summed E-state index contributed by atoms with van der Waals surface area (Å²) in [7, 11) is -1.82. The molecular weight excluding hydrogens is 740 g/mol. The molecule has 3 aromatic carbocycles. The van der Waals surface area contributed by atoms with Gasteiger partial charge in [-0.25, -0.2) is 18.7 Å². The molecule has 1 amide bonds. The zero-order chi connectivity index (χ0) is 38.9. The van der Waals surface area contributed by atoms with Crippen molar-refractivity contribution in [3.8, 4) is 16.5 Å². The van der Waals surface area contributed by atoms with Gasteiger partial charge in [-0.1, -0.05) is 74.5 Å². The number of amides is 1. The Labute approximate surface area is 322 Å². The van der Waals surface area contributed by atoms with E-state index in [2.05, 4.69) is 24.1 Å². The van der Waals surface area contributed by atoms with Crippen LogP contribution in [0.3, 0.4) is 0 Å². The Bertz CT molecular complexity index is 2390. The van der Waals surface area contributed by atoms with E-state index in [4.69, 9.17) is 13.9 Å². The minimum absolute atomic E-state index is 0.134. The van der Waals surface area contributed by atoms with Crippen LogP contribution >= 0.6 is 11.3 Å². The molecule has 14 heteroatoms. The fraction of sp³-hybridized carbons (Fsp3) is 0.317. The van der Waals surface area contributed by atoms with Crippen LogP contribution in [-0.2, 0) is 16.1 Å². The van der Waals surface area contributed by atoms with Crippen molar-refractivity contribution in [3.05, 3.63) is 129 Å². The van der Waals surface area contributed by atoms with E-state index in [-0.39, 0.29) is 25.0 Å². The van der Waals surface area contributed by atoms with E-state index in [0.29, 0.717) is 51.9 Å². The van der Waals surface area contributed by atoms with Crippen LogP contribution < -0.4 is 31.7 Å². The molecule has 1 fully saturated rings. The predicted octanol–water partition coefficient (Wildman–Crippen LogP) is 5.47. The lowest BCUT2D eigenvalue weighted by Crippen LogP contribution is -2.65. The molecule has 1 aliphatic rings. The summed E-state index contributed by atoms with van der Waals surface area (Å²) in [5.74, 6) is -0.283. The molecule has 0 saturated carbocycles. The van der Waals surface area contributed by atoms with Gasteiger partial charge in [0, 0.05) is 18.7 Å². The van der Waals surface area contributed by atoms with Crippen molar-refractivity contribution < 1.29 is 27.9 Å². The normalized spacial score (nSPS) is 15.4. The molecule has 6 aromatic rings. The van der Waals surface area contributed by atoms with Crippen LogP contribution in [0.15, 0.2) is 105 Å². The number of oxazole rings is 1. The first-order valence-corrected chi connectivity index (χ1v) is 21.0. The van der Waals surface area contributed by atoms with Gasteiger partial charge in [0.15, 0.2) is 0 Å². The molecule has 1 unspecified atom stereocenters. The van der Waals surface area contributed by atoms with Gasteiger partial charge in [0.1, 0.15) is 34.8 Å². The molecule has 11 nitrogen and oxygen atoms in total. The number of aryl methyl sites for hydroxylation is 1. The second-order valence-corrected chi connectivity index (χ2v) is 19.3. The van der Waals surface area contributed by atoms with E-state index in [1.807, 2.05) is 60.7 Å². The van der Waals surface area contributed by atoms with Crippen LogP contribution in [0.5, 0.6) is 5.75 Å². The highest BCUT2D eigenvalue weighted by atomic mass is 32.1. The first-order chi connectivity index (χ1) is 26.5. The monoisotopic (exact) mass is 782 g/mol. The summed E-state index contributed by atoms with van der Waals surface area (Å²) in [6.45, 7) is 6.30. The molecular formula is C41H43FN4O7SSi. The lowest BCUT2D eigenvalue weighted by molar-refractivity contribution is -0.122. The summed E-state index contributed by atoms with van der Waals surface area (Å²) in [5, 5.41) is 4.25. The number of fused-ring (bicyclic) bond motifs is 1. The van der Waals surface area contributed by atoms with E-state index in [0.717, 1.165) is 14.9 Å². The Hall–Kier alpha value is -5.15. The Balaban J connectivity index is 1.27. The number of nitrogens with zero attached hydrogens (tertiary/aromatic N) is 3. The Kier molecular flexibility index (Phi) is 10.8.